The fourth-order valence-corrected chi connectivity index (χ4v) is 1.34. The van der Waals surface area contributed by atoms with Crippen molar-refractivity contribution in [2.24, 2.45) is 11.1 Å². The van der Waals surface area contributed by atoms with Crippen molar-refractivity contribution in [2.45, 2.75) is 46.0 Å². The summed E-state index contributed by atoms with van der Waals surface area (Å²) in [5.74, 6) is 0.607. The molecular formula is C13H23NO. The van der Waals surface area contributed by atoms with Crippen molar-refractivity contribution >= 4 is 6.21 Å². The Kier molecular flexibility index (Phi) is 8.84. The Labute approximate surface area is 93.4 Å². The summed E-state index contributed by atoms with van der Waals surface area (Å²) in [6.45, 7) is 8.12. The lowest BCUT2D eigenvalue weighted by Crippen LogP contribution is -1.87. The third-order valence-electron chi connectivity index (χ3n) is 2.50. The highest BCUT2D eigenvalue weighted by atomic mass is 16.4. The van der Waals surface area contributed by atoms with Crippen LogP contribution in [0.1, 0.15) is 46.0 Å². The first kappa shape index (κ1) is 13.9. The zero-order valence-electron chi connectivity index (χ0n) is 9.95. The molecule has 0 aliphatic carbocycles. The minimum absolute atomic E-state index is 0.607. The van der Waals surface area contributed by atoms with Gasteiger partial charge in [-0.05, 0) is 44.9 Å². The average Bonchev–Trinajstić information content (AvgIpc) is 2.24. The Morgan fingerprint density at radius 1 is 1.47 bits per heavy atom. The van der Waals surface area contributed by atoms with Crippen molar-refractivity contribution in [1.82, 2.24) is 0 Å². The Morgan fingerprint density at radius 3 is 2.80 bits per heavy atom. The van der Waals surface area contributed by atoms with Gasteiger partial charge in [-0.2, -0.15) is 0 Å². The van der Waals surface area contributed by atoms with Gasteiger partial charge in [-0.15, -0.1) is 11.7 Å². The van der Waals surface area contributed by atoms with Crippen molar-refractivity contribution in [2.75, 3.05) is 0 Å². The van der Waals surface area contributed by atoms with Crippen LogP contribution in [0.3, 0.4) is 0 Å². The van der Waals surface area contributed by atoms with E-state index in [1.165, 1.54) is 12.0 Å². The maximum absolute atomic E-state index is 8.21. The number of allylic oxidation sites excluding steroid dienone is 3. The van der Waals surface area contributed by atoms with Gasteiger partial charge in [-0.25, -0.2) is 0 Å². The third-order valence-corrected chi connectivity index (χ3v) is 2.50. The SMILES string of the molecule is C=CC(C)CCC=C(C)CCCC=NO. The molecule has 0 aromatic heterocycles. The molecule has 0 aliphatic heterocycles. The van der Waals surface area contributed by atoms with Gasteiger partial charge in [0.15, 0.2) is 0 Å². The number of hydrogen-bond donors (Lipinski definition) is 1. The second kappa shape index (κ2) is 9.50. The Morgan fingerprint density at radius 2 is 2.20 bits per heavy atom. The molecule has 0 rings (SSSR count). The molecule has 0 saturated carbocycles. The average molecular weight is 209 g/mol. The zero-order valence-corrected chi connectivity index (χ0v) is 9.95. The highest BCUT2D eigenvalue weighted by molar-refractivity contribution is 5.55. The van der Waals surface area contributed by atoms with E-state index in [1.54, 1.807) is 6.21 Å². The molecule has 0 saturated heterocycles. The smallest absolute Gasteiger partial charge is 0.0436 e. The molecule has 0 fully saturated rings. The highest BCUT2D eigenvalue weighted by Gasteiger charge is 1.94. The summed E-state index contributed by atoms with van der Waals surface area (Å²) in [5, 5.41) is 11.2. The van der Waals surface area contributed by atoms with Gasteiger partial charge in [0.2, 0.25) is 0 Å². The fourth-order valence-electron chi connectivity index (χ4n) is 1.34. The maximum Gasteiger partial charge on any atom is 0.0436 e. The van der Waals surface area contributed by atoms with Crippen LogP contribution in [0.2, 0.25) is 0 Å². The lowest BCUT2D eigenvalue weighted by Gasteiger charge is -2.03. The van der Waals surface area contributed by atoms with Crippen LogP contribution in [0, 0.1) is 5.92 Å². The Balaban J connectivity index is 3.55. The molecule has 0 radical (unpaired) electrons. The standard InChI is InChI=1S/C13H23NO/c1-4-12(2)9-7-10-13(3)8-5-6-11-14-15/h4,10-12,15H,1,5-9H2,2-3H3. The molecule has 1 atom stereocenters. The predicted molar refractivity (Wildman–Crippen MR) is 66.5 cm³/mol. The first-order chi connectivity index (χ1) is 7.20. The van der Waals surface area contributed by atoms with Crippen LogP contribution in [-0.2, 0) is 0 Å². The number of unbranched alkanes of at least 4 members (excludes halogenated alkanes) is 1. The minimum Gasteiger partial charge on any atom is -0.411 e. The molecule has 0 bridgehead atoms. The molecule has 0 aromatic carbocycles. The van der Waals surface area contributed by atoms with E-state index >= 15 is 0 Å². The van der Waals surface area contributed by atoms with Crippen LogP contribution < -0.4 is 0 Å². The largest absolute Gasteiger partial charge is 0.411 e. The van der Waals surface area contributed by atoms with Gasteiger partial charge in [-0.1, -0.05) is 24.6 Å². The van der Waals surface area contributed by atoms with Gasteiger partial charge in [0, 0.05) is 6.21 Å². The number of nitrogens with zero attached hydrogens (tertiary/aromatic N) is 1. The zero-order chi connectivity index (χ0) is 11.5. The lowest BCUT2D eigenvalue weighted by molar-refractivity contribution is 0.320. The van der Waals surface area contributed by atoms with Crippen LogP contribution in [0.15, 0.2) is 29.5 Å². The van der Waals surface area contributed by atoms with E-state index in [0.29, 0.717) is 5.92 Å². The van der Waals surface area contributed by atoms with Crippen LogP contribution in [0.4, 0.5) is 0 Å². The van der Waals surface area contributed by atoms with Crippen LogP contribution >= 0.6 is 0 Å². The van der Waals surface area contributed by atoms with Gasteiger partial charge in [0.25, 0.3) is 0 Å². The van der Waals surface area contributed by atoms with Crippen molar-refractivity contribution in [3.8, 4) is 0 Å². The summed E-state index contributed by atoms with van der Waals surface area (Å²) < 4.78 is 0. The monoisotopic (exact) mass is 209 g/mol. The molecule has 15 heavy (non-hydrogen) atoms. The maximum atomic E-state index is 8.21. The fraction of sp³-hybridized carbons (Fsp3) is 0.615. The van der Waals surface area contributed by atoms with Crippen LogP contribution in [0.25, 0.3) is 0 Å². The molecule has 1 unspecified atom stereocenters. The minimum atomic E-state index is 0.607. The number of rotatable bonds is 8. The van der Waals surface area contributed by atoms with Crippen LogP contribution in [-0.4, -0.2) is 11.4 Å². The van der Waals surface area contributed by atoms with Gasteiger partial charge in [0.1, 0.15) is 0 Å². The summed E-state index contributed by atoms with van der Waals surface area (Å²) in [6, 6.07) is 0. The first-order valence-electron chi connectivity index (χ1n) is 5.64. The van der Waals surface area contributed by atoms with Crippen molar-refractivity contribution in [3.05, 3.63) is 24.3 Å². The number of hydrogen-bond acceptors (Lipinski definition) is 2. The Bertz CT molecular complexity index is 219. The Hall–Kier alpha value is -1.05. The molecule has 2 nitrogen and oxygen atoms in total. The quantitative estimate of drug-likeness (QED) is 0.210. The summed E-state index contributed by atoms with van der Waals surface area (Å²) in [5.41, 5.74) is 1.43. The molecule has 2 heteroatoms. The van der Waals surface area contributed by atoms with Crippen molar-refractivity contribution in [1.29, 1.82) is 0 Å². The van der Waals surface area contributed by atoms with Gasteiger partial charge in [-0.3, -0.25) is 0 Å². The summed E-state index contributed by atoms with van der Waals surface area (Å²) >= 11 is 0. The predicted octanol–water partition coefficient (Wildman–Crippen LogP) is 4.17. The highest BCUT2D eigenvalue weighted by Crippen LogP contribution is 2.11. The van der Waals surface area contributed by atoms with E-state index in [9.17, 15) is 0 Å². The molecule has 0 heterocycles. The topological polar surface area (TPSA) is 32.6 Å². The third kappa shape index (κ3) is 9.26. The second-order valence-electron chi connectivity index (χ2n) is 4.03. The van der Waals surface area contributed by atoms with Gasteiger partial charge < -0.3 is 5.21 Å². The van der Waals surface area contributed by atoms with Gasteiger partial charge >= 0.3 is 0 Å². The summed E-state index contributed by atoms with van der Waals surface area (Å²) in [6.07, 6.45) is 11.2. The lowest BCUT2D eigenvalue weighted by atomic mass is 10.0. The van der Waals surface area contributed by atoms with Gasteiger partial charge in [0.05, 0.1) is 0 Å². The molecule has 0 aliphatic rings. The second-order valence-corrected chi connectivity index (χ2v) is 4.03. The van der Waals surface area contributed by atoms with E-state index in [1.807, 2.05) is 6.08 Å². The molecular weight excluding hydrogens is 186 g/mol. The van der Waals surface area contributed by atoms with E-state index in [-0.39, 0.29) is 0 Å². The van der Waals surface area contributed by atoms with Crippen LogP contribution in [0.5, 0.6) is 0 Å². The number of oxime groups is 1. The van der Waals surface area contributed by atoms with E-state index in [4.69, 9.17) is 5.21 Å². The molecule has 0 aromatic rings. The molecule has 1 N–H and O–H groups in total. The van der Waals surface area contributed by atoms with Crippen molar-refractivity contribution in [3.63, 3.8) is 0 Å². The summed E-state index contributed by atoms with van der Waals surface area (Å²) in [4.78, 5) is 0. The van der Waals surface area contributed by atoms with E-state index in [0.717, 1.165) is 25.7 Å². The first-order valence-corrected chi connectivity index (χ1v) is 5.64. The van der Waals surface area contributed by atoms with E-state index < -0.39 is 0 Å². The van der Waals surface area contributed by atoms with Crippen molar-refractivity contribution < 1.29 is 5.21 Å². The van der Waals surface area contributed by atoms with E-state index in [2.05, 4.69) is 31.7 Å². The normalized spacial score (nSPS) is 14.4. The molecule has 0 spiro atoms. The molecule has 86 valence electrons. The molecule has 0 amide bonds. The summed E-state index contributed by atoms with van der Waals surface area (Å²) in [7, 11) is 0.